The monoisotopic (exact) mass is 701 g/mol. The summed E-state index contributed by atoms with van der Waals surface area (Å²) in [4.78, 5) is 18.3. The number of hydrogen-bond donors (Lipinski definition) is 2. The fourth-order valence-electron chi connectivity index (χ4n) is 7.73. The average molecular weight is 702 g/mol. The number of hydrogen-bond acceptors (Lipinski definition) is 6. The standard InChI is InChI=1S/C37H38F3N5O4Si/c1-35(2,3)50(28-10-6-4-7-11-28,29-12-8-5-9-13-29)49-27-20-36(21-27)23-44(24-36)31-18-19-41-33-32(31)30(22-42-34(46)47)43-45(33)25-14-16-26(17-15-25)48-37(38,39)40/h4-19,27,42H,20-24H2,1-3H3,(H,46,47). The maximum Gasteiger partial charge on any atom is 0.573 e. The zero-order valence-corrected chi connectivity index (χ0v) is 28.9. The Hall–Kier alpha value is -4.88. The van der Waals surface area contributed by atoms with E-state index in [2.05, 4.69) is 94.3 Å². The molecule has 1 spiro atoms. The number of carbonyl (C=O) groups is 1. The normalized spacial score (nSPS) is 16.2. The molecule has 0 radical (unpaired) electrons. The highest BCUT2D eigenvalue weighted by Crippen LogP contribution is 2.53. The molecule has 0 atom stereocenters. The molecule has 0 unspecified atom stereocenters. The Morgan fingerprint density at radius 2 is 1.54 bits per heavy atom. The number of benzene rings is 3. The summed E-state index contributed by atoms with van der Waals surface area (Å²) in [5.41, 5.74) is 2.36. The van der Waals surface area contributed by atoms with Crippen molar-refractivity contribution >= 4 is 41.5 Å². The van der Waals surface area contributed by atoms with E-state index < -0.39 is 20.8 Å². The van der Waals surface area contributed by atoms with E-state index in [4.69, 9.17) is 4.43 Å². The number of fused-ring (bicyclic) bond motifs is 1. The lowest BCUT2D eigenvalue weighted by molar-refractivity contribution is -0.274. The van der Waals surface area contributed by atoms with Crippen molar-refractivity contribution in [3.05, 3.63) is 103 Å². The van der Waals surface area contributed by atoms with E-state index in [9.17, 15) is 23.1 Å². The van der Waals surface area contributed by atoms with E-state index in [0.29, 0.717) is 22.4 Å². The number of pyridine rings is 1. The zero-order valence-electron chi connectivity index (χ0n) is 27.9. The van der Waals surface area contributed by atoms with Gasteiger partial charge in [0.25, 0.3) is 8.32 Å². The Morgan fingerprint density at radius 1 is 0.940 bits per heavy atom. The Balaban J connectivity index is 1.14. The van der Waals surface area contributed by atoms with Crippen LogP contribution >= 0.6 is 0 Å². The third-order valence-corrected chi connectivity index (χ3v) is 14.9. The second kappa shape index (κ2) is 12.5. The number of ether oxygens (including phenoxy) is 1. The molecule has 1 amide bonds. The van der Waals surface area contributed by atoms with Gasteiger partial charge in [-0.05, 0) is 58.6 Å². The lowest BCUT2D eigenvalue weighted by Crippen LogP contribution is -2.71. The minimum absolute atomic E-state index is 0.0693. The third-order valence-electron chi connectivity index (χ3n) is 9.82. The molecule has 13 heteroatoms. The Bertz CT molecular complexity index is 1950. The summed E-state index contributed by atoms with van der Waals surface area (Å²) in [6.07, 6.45) is -2.36. The first-order valence-electron chi connectivity index (χ1n) is 16.5. The first-order chi connectivity index (χ1) is 23.8. The molecular formula is C37H38F3N5O4Si. The topological polar surface area (TPSA) is 102 Å². The van der Waals surface area contributed by atoms with Crippen molar-refractivity contribution in [2.75, 3.05) is 18.0 Å². The van der Waals surface area contributed by atoms with Crippen LogP contribution in [0.1, 0.15) is 39.3 Å². The predicted molar refractivity (Wildman–Crippen MR) is 187 cm³/mol. The SMILES string of the molecule is CC(C)(C)[Si](OC1CC2(C1)CN(c1ccnc3c1c(CNC(=O)O)nn3-c1ccc(OC(F)(F)F)cc1)C2)(c1ccccc1)c1ccccc1. The summed E-state index contributed by atoms with van der Waals surface area (Å²) in [5, 5.41) is 19.5. The number of nitrogens with one attached hydrogen (secondary N) is 1. The molecule has 260 valence electrons. The van der Waals surface area contributed by atoms with Gasteiger partial charge in [-0.3, -0.25) is 0 Å². The van der Waals surface area contributed by atoms with Crippen molar-refractivity contribution < 1.29 is 32.2 Å². The molecule has 7 rings (SSSR count). The minimum atomic E-state index is -4.81. The molecule has 2 aliphatic rings. The Labute approximate surface area is 288 Å². The molecule has 5 aromatic rings. The van der Waals surface area contributed by atoms with Crippen molar-refractivity contribution in [1.29, 1.82) is 0 Å². The number of halogens is 3. The summed E-state index contributed by atoms with van der Waals surface area (Å²) in [6.45, 7) is 8.39. The van der Waals surface area contributed by atoms with Crippen molar-refractivity contribution in [2.24, 2.45) is 5.41 Å². The van der Waals surface area contributed by atoms with Gasteiger partial charge in [-0.15, -0.1) is 13.2 Å². The van der Waals surface area contributed by atoms with Crippen LogP contribution in [0.15, 0.2) is 97.2 Å². The molecule has 3 aromatic carbocycles. The van der Waals surface area contributed by atoms with E-state index in [1.807, 2.05) is 18.2 Å². The number of aromatic nitrogens is 3. The van der Waals surface area contributed by atoms with Crippen LogP contribution < -0.4 is 25.3 Å². The lowest BCUT2D eigenvalue weighted by atomic mass is 9.61. The molecule has 2 fully saturated rings. The summed E-state index contributed by atoms with van der Waals surface area (Å²) >= 11 is 0. The number of amides is 1. The lowest BCUT2D eigenvalue weighted by Gasteiger charge is -2.61. The summed E-state index contributed by atoms with van der Waals surface area (Å²) in [6, 6.07) is 28.5. The zero-order chi connectivity index (χ0) is 35.3. The van der Waals surface area contributed by atoms with Gasteiger partial charge in [0.1, 0.15) is 5.75 Å². The maximum absolute atomic E-state index is 12.7. The minimum Gasteiger partial charge on any atom is -0.465 e. The van der Waals surface area contributed by atoms with E-state index in [1.165, 1.54) is 39.3 Å². The molecule has 0 bridgehead atoms. The van der Waals surface area contributed by atoms with Crippen molar-refractivity contribution in [2.45, 2.75) is 57.7 Å². The van der Waals surface area contributed by atoms with Gasteiger partial charge in [-0.2, -0.15) is 5.10 Å². The highest BCUT2D eigenvalue weighted by atomic mass is 28.4. The smallest absolute Gasteiger partial charge is 0.465 e. The van der Waals surface area contributed by atoms with Gasteiger partial charge in [0.2, 0.25) is 0 Å². The fourth-order valence-corrected chi connectivity index (χ4v) is 12.4. The molecule has 1 aliphatic heterocycles. The van der Waals surface area contributed by atoms with E-state index in [-0.39, 0.29) is 28.9 Å². The Kier molecular flexibility index (Phi) is 8.38. The predicted octanol–water partition coefficient (Wildman–Crippen LogP) is 6.63. The van der Waals surface area contributed by atoms with E-state index in [0.717, 1.165) is 31.6 Å². The first kappa shape index (κ1) is 33.6. The number of alkyl halides is 3. The molecular weight excluding hydrogens is 664 g/mol. The van der Waals surface area contributed by atoms with Gasteiger partial charge in [0.05, 0.1) is 29.0 Å². The summed E-state index contributed by atoms with van der Waals surface area (Å²) < 4.78 is 51.1. The third kappa shape index (κ3) is 6.19. The Morgan fingerprint density at radius 3 is 2.08 bits per heavy atom. The highest BCUT2D eigenvalue weighted by Gasteiger charge is 2.58. The molecule has 3 heterocycles. The van der Waals surface area contributed by atoms with Gasteiger partial charge < -0.3 is 24.5 Å². The highest BCUT2D eigenvalue weighted by molar-refractivity contribution is 6.99. The van der Waals surface area contributed by atoms with Crippen LogP contribution in [0, 0.1) is 5.41 Å². The van der Waals surface area contributed by atoms with E-state index in [1.54, 1.807) is 6.20 Å². The van der Waals surface area contributed by atoms with Crippen molar-refractivity contribution in [3.8, 4) is 11.4 Å². The van der Waals surface area contributed by atoms with Crippen molar-refractivity contribution in [1.82, 2.24) is 20.1 Å². The van der Waals surface area contributed by atoms with Crippen LogP contribution in [0.5, 0.6) is 5.75 Å². The van der Waals surface area contributed by atoms with E-state index >= 15 is 0 Å². The summed E-state index contributed by atoms with van der Waals surface area (Å²) in [5.74, 6) is -0.359. The van der Waals surface area contributed by atoms with Crippen molar-refractivity contribution in [3.63, 3.8) is 0 Å². The molecule has 1 aliphatic carbocycles. The summed E-state index contributed by atoms with van der Waals surface area (Å²) in [7, 11) is -2.67. The number of anilines is 1. The molecule has 2 aromatic heterocycles. The molecule has 50 heavy (non-hydrogen) atoms. The van der Waals surface area contributed by atoms with Gasteiger partial charge in [-0.25, -0.2) is 14.5 Å². The van der Waals surface area contributed by atoms with Gasteiger partial charge in [0.15, 0.2) is 5.65 Å². The van der Waals surface area contributed by atoms with Crippen LogP contribution in [0.2, 0.25) is 5.04 Å². The quantitative estimate of drug-likeness (QED) is 0.166. The molecule has 9 nitrogen and oxygen atoms in total. The fraction of sp³-hybridized carbons (Fsp3) is 0.324. The number of rotatable bonds is 9. The average Bonchev–Trinajstić information content (AvgIpc) is 3.41. The van der Waals surface area contributed by atoms with Gasteiger partial charge in [0, 0.05) is 30.8 Å². The van der Waals surface area contributed by atoms with Crippen LogP contribution in [0.3, 0.4) is 0 Å². The molecule has 2 N–H and O–H groups in total. The van der Waals surface area contributed by atoms with Crippen LogP contribution in [0.4, 0.5) is 23.7 Å². The number of nitrogens with zero attached hydrogens (tertiary/aromatic N) is 4. The first-order valence-corrected chi connectivity index (χ1v) is 18.4. The second-order valence-electron chi connectivity index (χ2n) is 14.3. The van der Waals surface area contributed by atoms with Crippen LogP contribution in [0.25, 0.3) is 16.7 Å². The van der Waals surface area contributed by atoms with Crippen LogP contribution in [-0.4, -0.2) is 59.8 Å². The number of carboxylic acid groups (broad SMARTS) is 1. The van der Waals surface area contributed by atoms with Crippen LogP contribution in [-0.2, 0) is 11.0 Å². The largest absolute Gasteiger partial charge is 0.573 e. The molecule has 1 saturated heterocycles. The second-order valence-corrected chi connectivity index (χ2v) is 18.5. The van der Waals surface area contributed by atoms with Gasteiger partial charge >= 0.3 is 12.5 Å². The molecule has 1 saturated carbocycles. The maximum atomic E-state index is 12.7. The van der Waals surface area contributed by atoms with Gasteiger partial charge in [-0.1, -0.05) is 81.4 Å².